The van der Waals surface area contributed by atoms with Crippen molar-refractivity contribution in [2.24, 2.45) is 29.6 Å². The topological polar surface area (TPSA) is 155 Å². The molecule has 3 aromatic rings. The zero-order chi connectivity index (χ0) is 32.4. The van der Waals surface area contributed by atoms with Gasteiger partial charge in [0.2, 0.25) is 11.8 Å². The van der Waals surface area contributed by atoms with Gasteiger partial charge in [0.1, 0.15) is 6.04 Å². The van der Waals surface area contributed by atoms with E-state index in [0.717, 1.165) is 37.3 Å². The van der Waals surface area contributed by atoms with Crippen molar-refractivity contribution in [1.82, 2.24) is 9.88 Å². The molecule has 3 fully saturated rings. The number of carbonyl (C=O) groups excluding carboxylic acids is 3. The molecule has 4 aliphatic rings. The lowest BCUT2D eigenvalue weighted by Crippen LogP contribution is -2.44. The van der Waals surface area contributed by atoms with Crippen molar-refractivity contribution in [3.05, 3.63) is 68.1 Å². The Morgan fingerprint density at radius 1 is 1.04 bits per heavy atom. The van der Waals surface area contributed by atoms with Gasteiger partial charge in [-0.3, -0.25) is 24.1 Å². The largest absolute Gasteiger partial charge is 0.490 e. The Labute approximate surface area is 272 Å². The first-order valence-corrected chi connectivity index (χ1v) is 17.0. The van der Waals surface area contributed by atoms with Gasteiger partial charge in [0.05, 0.1) is 23.5 Å². The molecular formula is C33H33N3O8S2. The van der Waals surface area contributed by atoms with Gasteiger partial charge in [-0.1, -0.05) is 35.1 Å². The van der Waals surface area contributed by atoms with Crippen LogP contribution in [0.4, 0.5) is 5.69 Å². The molecule has 3 amide bonds. The standard InChI is InChI=1S/C33H33N3O8S2/c1-4-43-21-11-16(7-10-20(21)44-13-22(37)34-17-8-5-14(2)6-9-17)23-24-18-12-19(27(24)45-29-28(23)46-33(42)35-29)26-25(18)30(38)36(31(26)39)15(3)32(40)41/h5-11,15,18-19,23-27H,4,12-13H2,1-3H3,(H,34,37)(H,35,42)(H,40,41)/t15?,18?,19?,23-,24?,25?,26?,27?/m1/s1. The number of H-pyrrole nitrogens is 1. The molecule has 2 aliphatic carbocycles. The van der Waals surface area contributed by atoms with Gasteiger partial charge < -0.3 is 24.9 Å². The van der Waals surface area contributed by atoms with Gasteiger partial charge in [0.25, 0.3) is 5.91 Å². The van der Waals surface area contributed by atoms with Crippen LogP contribution >= 0.6 is 23.1 Å². The van der Waals surface area contributed by atoms with Gasteiger partial charge >= 0.3 is 10.8 Å². The summed E-state index contributed by atoms with van der Waals surface area (Å²) in [5, 5.41) is 13.2. The van der Waals surface area contributed by atoms with E-state index in [2.05, 4.69) is 10.3 Å². The maximum atomic E-state index is 13.7. The summed E-state index contributed by atoms with van der Waals surface area (Å²) in [6.45, 7) is 5.32. The number of fused-ring (bicyclic) bond motifs is 9. The number of anilines is 1. The van der Waals surface area contributed by atoms with Crippen molar-refractivity contribution in [3.63, 3.8) is 0 Å². The van der Waals surface area contributed by atoms with Crippen LogP contribution in [0.1, 0.15) is 42.2 Å². The fourth-order valence-corrected chi connectivity index (χ4v) is 10.9. The molecule has 2 aromatic carbocycles. The number of aryl methyl sites for hydroxylation is 1. The fourth-order valence-electron chi connectivity index (χ4n) is 7.99. The lowest BCUT2D eigenvalue weighted by Gasteiger charge is -2.43. The monoisotopic (exact) mass is 663 g/mol. The molecule has 3 N–H and O–H groups in total. The van der Waals surface area contributed by atoms with E-state index < -0.39 is 35.7 Å². The maximum absolute atomic E-state index is 13.7. The summed E-state index contributed by atoms with van der Waals surface area (Å²) in [6.07, 6.45) is 0.690. The Morgan fingerprint density at radius 3 is 2.46 bits per heavy atom. The smallest absolute Gasteiger partial charge is 0.326 e. The number of amides is 3. The molecule has 1 aromatic heterocycles. The number of likely N-dealkylation sites (tertiary alicyclic amines) is 1. The highest BCUT2D eigenvalue weighted by molar-refractivity contribution is 8.00. The number of hydrogen-bond donors (Lipinski definition) is 3. The predicted octanol–water partition coefficient (Wildman–Crippen LogP) is 4.11. The zero-order valence-corrected chi connectivity index (χ0v) is 27.0. The van der Waals surface area contributed by atoms with Crippen molar-refractivity contribution in [2.75, 3.05) is 18.5 Å². The highest BCUT2D eigenvalue weighted by Crippen LogP contribution is 2.68. The number of rotatable bonds is 9. The first-order chi connectivity index (χ1) is 22.1. The molecule has 240 valence electrons. The highest BCUT2D eigenvalue weighted by Gasteiger charge is 2.70. The number of thioether (sulfide) groups is 1. The Hall–Kier alpha value is -4.10. The van der Waals surface area contributed by atoms with E-state index in [0.29, 0.717) is 30.2 Å². The van der Waals surface area contributed by atoms with E-state index in [1.807, 2.05) is 50.2 Å². The van der Waals surface area contributed by atoms with Crippen LogP contribution < -0.4 is 19.7 Å². The normalized spacial score (nSPS) is 28.0. The lowest BCUT2D eigenvalue weighted by molar-refractivity contribution is -0.154. The summed E-state index contributed by atoms with van der Waals surface area (Å²) in [6, 6.07) is 11.8. The number of carboxylic acids is 1. The number of nitrogens with zero attached hydrogens (tertiary/aromatic N) is 1. The Kier molecular flexibility index (Phi) is 7.71. The van der Waals surface area contributed by atoms with Gasteiger partial charge in [0.15, 0.2) is 18.1 Å². The average Bonchev–Trinajstić information content (AvgIpc) is 3.76. The van der Waals surface area contributed by atoms with Gasteiger partial charge in [-0.05, 0) is 74.8 Å². The van der Waals surface area contributed by atoms with Gasteiger partial charge in [-0.15, -0.1) is 11.8 Å². The third-order valence-electron chi connectivity index (χ3n) is 9.82. The van der Waals surface area contributed by atoms with Crippen LogP contribution in [0.5, 0.6) is 11.5 Å². The first-order valence-electron chi connectivity index (χ1n) is 15.3. The van der Waals surface area contributed by atoms with Gasteiger partial charge in [0, 0.05) is 21.7 Å². The second kappa shape index (κ2) is 11.6. The minimum Gasteiger partial charge on any atom is -0.490 e. The SMILES string of the molecule is CCOc1cc([C@H]2c3sc(=O)[nH]c3SC3C4CC(C5C(=O)N(C(C)C(=O)O)C(=O)C45)C32)ccc1OCC(=O)Nc1ccc(C)cc1. The van der Waals surface area contributed by atoms with Crippen LogP contribution in [0.2, 0.25) is 0 Å². The number of aliphatic carboxylic acids is 1. The number of aromatic nitrogens is 1. The van der Waals surface area contributed by atoms with E-state index in [1.54, 1.807) is 17.8 Å². The van der Waals surface area contributed by atoms with Crippen molar-refractivity contribution in [3.8, 4) is 11.5 Å². The number of aromatic amines is 1. The number of carboxylic acid groups (broad SMARTS) is 1. The molecule has 11 nitrogen and oxygen atoms in total. The molecular weight excluding hydrogens is 631 g/mol. The Bertz CT molecular complexity index is 1800. The summed E-state index contributed by atoms with van der Waals surface area (Å²) >= 11 is 2.71. The zero-order valence-electron chi connectivity index (χ0n) is 25.4. The van der Waals surface area contributed by atoms with E-state index in [-0.39, 0.29) is 46.3 Å². The summed E-state index contributed by atoms with van der Waals surface area (Å²) in [5.41, 5.74) is 2.63. The molecule has 7 rings (SSSR count). The molecule has 2 saturated carbocycles. The number of carbonyl (C=O) groups is 4. The number of benzene rings is 2. The van der Waals surface area contributed by atoms with E-state index in [1.165, 1.54) is 6.92 Å². The molecule has 1 saturated heterocycles. The summed E-state index contributed by atoms with van der Waals surface area (Å²) < 4.78 is 11.9. The van der Waals surface area contributed by atoms with Crippen LogP contribution in [0.25, 0.3) is 0 Å². The Balaban J connectivity index is 1.19. The van der Waals surface area contributed by atoms with Crippen molar-refractivity contribution < 1.29 is 33.8 Å². The number of hydrogen-bond acceptors (Lipinski definition) is 9. The number of thiazole rings is 1. The molecule has 2 aliphatic heterocycles. The molecule has 8 atom stereocenters. The molecule has 7 unspecified atom stereocenters. The van der Waals surface area contributed by atoms with Crippen LogP contribution in [0.15, 0.2) is 52.3 Å². The number of nitrogens with one attached hydrogen (secondary N) is 2. The minimum absolute atomic E-state index is 0.0391. The predicted molar refractivity (Wildman–Crippen MR) is 170 cm³/mol. The molecule has 2 bridgehead atoms. The molecule has 13 heteroatoms. The minimum atomic E-state index is -1.23. The third-order valence-corrected chi connectivity index (χ3v) is 12.4. The van der Waals surface area contributed by atoms with Crippen LogP contribution in [0, 0.1) is 36.5 Å². The molecule has 0 radical (unpaired) electrons. The van der Waals surface area contributed by atoms with Crippen molar-refractivity contribution in [1.29, 1.82) is 0 Å². The summed E-state index contributed by atoms with van der Waals surface area (Å²) in [5.74, 6) is -3.20. The summed E-state index contributed by atoms with van der Waals surface area (Å²) in [7, 11) is 0. The van der Waals surface area contributed by atoms with E-state index in [4.69, 9.17) is 9.47 Å². The average molecular weight is 664 g/mol. The van der Waals surface area contributed by atoms with Gasteiger partial charge in [-0.25, -0.2) is 4.79 Å². The second-order valence-corrected chi connectivity index (χ2v) is 14.6. The lowest BCUT2D eigenvalue weighted by atomic mass is 9.68. The second-order valence-electron chi connectivity index (χ2n) is 12.4. The van der Waals surface area contributed by atoms with E-state index >= 15 is 0 Å². The van der Waals surface area contributed by atoms with Crippen LogP contribution in [-0.4, -0.2) is 63.2 Å². The highest BCUT2D eigenvalue weighted by atomic mass is 32.2. The van der Waals surface area contributed by atoms with Crippen molar-refractivity contribution >= 4 is 52.5 Å². The van der Waals surface area contributed by atoms with Gasteiger partial charge in [-0.2, -0.15) is 0 Å². The Morgan fingerprint density at radius 2 is 1.76 bits per heavy atom. The molecule has 0 spiro atoms. The van der Waals surface area contributed by atoms with Crippen molar-refractivity contribution in [2.45, 2.75) is 49.4 Å². The molecule has 3 heterocycles. The first kappa shape index (κ1) is 30.5. The quantitative estimate of drug-likeness (QED) is 0.287. The number of ether oxygens (including phenoxy) is 2. The van der Waals surface area contributed by atoms with E-state index in [9.17, 15) is 29.1 Å². The molecule has 46 heavy (non-hydrogen) atoms. The van der Waals surface area contributed by atoms with Crippen LogP contribution in [0.3, 0.4) is 0 Å². The fraction of sp³-hybridized carbons (Fsp3) is 0.424. The third kappa shape index (κ3) is 4.91. The summed E-state index contributed by atoms with van der Waals surface area (Å²) in [4.78, 5) is 68.8. The maximum Gasteiger partial charge on any atom is 0.326 e. The number of imide groups is 1. The van der Waals surface area contributed by atoms with Crippen LogP contribution in [-0.2, 0) is 19.2 Å².